The number of nitrogens with zero attached hydrogens (tertiary/aromatic N) is 1. The molecule has 2 amide bonds. The minimum atomic E-state index is -0.299. The van der Waals surface area contributed by atoms with Gasteiger partial charge in [0, 0.05) is 29.8 Å². The van der Waals surface area contributed by atoms with Gasteiger partial charge in [-0.05, 0) is 34.0 Å². The summed E-state index contributed by atoms with van der Waals surface area (Å²) in [5.41, 5.74) is 0.990. The molecule has 1 aliphatic heterocycles. The molecule has 5 nitrogen and oxygen atoms in total. The Hall–Kier alpha value is -1.27. The van der Waals surface area contributed by atoms with E-state index in [1.54, 1.807) is 12.4 Å². The van der Waals surface area contributed by atoms with Crippen molar-refractivity contribution in [3.63, 3.8) is 0 Å². The summed E-state index contributed by atoms with van der Waals surface area (Å²) in [5, 5.41) is 5.42. The molecule has 0 saturated carbocycles. The summed E-state index contributed by atoms with van der Waals surface area (Å²) in [6.07, 6.45) is 4.38. The quantitative estimate of drug-likeness (QED) is 0.807. The number of hydrogen-bond donors (Lipinski definition) is 2. The Morgan fingerprint density at radius 3 is 3.00 bits per heavy atom. The highest BCUT2D eigenvalue weighted by Crippen LogP contribution is 2.10. The van der Waals surface area contributed by atoms with Crippen LogP contribution in [0.5, 0.6) is 0 Å². The molecule has 1 unspecified atom stereocenters. The third kappa shape index (κ3) is 3.34. The number of hydrogen-bond acceptors (Lipinski definition) is 4. The Morgan fingerprint density at radius 1 is 1.47 bits per heavy atom. The highest BCUT2D eigenvalue weighted by molar-refractivity contribution is 9.10. The van der Waals surface area contributed by atoms with Crippen molar-refractivity contribution in [2.75, 3.05) is 0 Å². The van der Waals surface area contributed by atoms with E-state index in [4.69, 9.17) is 0 Å². The van der Waals surface area contributed by atoms with Crippen LogP contribution < -0.4 is 10.6 Å². The van der Waals surface area contributed by atoms with Crippen LogP contribution in [0.4, 0.5) is 0 Å². The summed E-state index contributed by atoms with van der Waals surface area (Å²) in [6.45, 7) is 0.554. The maximum atomic E-state index is 11.5. The van der Waals surface area contributed by atoms with Crippen LogP contribution in [0.2, 0.25) is 0 Å². The van der Waals surface area contributed by atoms with Gasteiger partial charge in [0.25, 0.3) is 0 Å². The van der Waals surface area contributed by atoms with Gasteiger partial charge in [-0.2, -0.15) is 0 Å². The maximum absolute atomic E-state index is 11.5. The molecule has 1 saturated heterocycles. The lowest BCUT2D eigenvalue weighted by Gasteiger charge is -2.21. The van der Waals surface area contributed by atoms with Gasteiger partial charge >= 0.3 is 0 Å². The molecule has 1 aromatic heterocycles. The monoisotopic (exact) mass is 297 g/mol. The molecule has 2 rings (SSSR count). The molecule has 1 aromatic rings. The van der Waals surface area contributed by atoms with Crippen molar-refractivity contribution < 1.29 is 9.59 Å². The fraction of sp³-hybridized carbons (Fsp3) is 0.364. The number of piperidine rings is 1. The predicted octanol–water partition coefficient (Wildman–Crippen LogP) is 0.739. The molecule has 90 valence electrons. The molecule has 1 aliphatic rings. The van der Waals surface area contributed by atoms with Crippen LogP contribution >= 0.6 is 15.9 Å². The summed E-state index contributed by atoms with van der Waals surface area (Å²) in [7, 11) is 0. The predicted molar refractivity (Wildman–Crippen MR) is 64.9 cm³/mol. The molecule has 2 heterocycles. The van der Waals surface area contributed by atoms with Gasteiger partial charge < -0.3 is 5.32 Å². The van der Waals surface area contributed by atoms with E-state index < -0.39 is 0 Å². The van der Waals surface area contributed by atoms with Gasteiger partial charge in [0.15, 0.2) is 0 Å². The van der Waals surface area contributed by atoms with Gasteiger partial charge in [0.05, 0.1) is 6.04 Å². The van der Waals surface area contributed by atoms with E-state index in [1.807, 2.05) is 6.07 Å². The zero-order valence-electron chi connectivity index (χ0n) is 9.07. The molecular weight excluding hydrogens is 286 g/mol. The third-order valence-corrected chi connectivity index (χ3v) is 2.99. The summed E-state index contributed by atoms with van der Waals surface area (Å²) in [6, 6.07) is 1.64. The Kier molecular flexibility index (Phi) is 3.86. The van der Waals surface area contributed by atoms with Gasteiger partial charge in [-0.15, -0.1) is 0 Å². The van der Waals surface area contributed by atoms with Gasteiger partial charge in [0.2, 0.25) is 11.8 Å². The van der Waals surface area contributed by atoms with Crippen molar-refractivity contribution in [2.45, 2.75) is 25.4 Å². The van der Waals surface area contributed by atoms with Crippen molar-refractivity contribution in [1.82, 2.24) is 15.6 Å². The number of aromatic nitrogens is 1. The topological polar surface area (TPSA) is 71.1 Å². The number of imide groups is 1. The van der Waals surface area contributed by atoms with Gasteiger partial charge in [-0.25, -0.2) is 0 Å². The molecule has 0 bridgehead atoms. The summed E-state index contributed by atoms with van der Waals surface area (Å²) < 4.78 is 0.903. The molecule has 6 heteroatoms. The van der Waals surface area contributed by atoms with Gasteiger partial charge in [-0.1, -0.05) is 0 Å². The van der Waals surface area contributed by atoms with Crippen LogP contribution in [0.3, 0.4) is 0 Å². The lowest BCUT2D eigenvalue weighted by Crippen LogP contribution is -2.50. The highest BCUT2D eigenvalue weighted by atomic mass is 79.9. The standard InChI is InChI=1S/C11H12BrN3O2/c12-8-3-7(4-13-6-8)5-14-9-1-2-10(16)15-11(9)17/h3-4,6,9,14H,1-2,5H2,(H,15,16,17). The van der Waals surface area contributed by atoms with Crippen molar-refractivity contribution in [2.24, 2.45) is 0 Å². The van der Waals surface area contributed by atoms with E-state index >= 15 is 0 Å². The Morgan fingerprint density at radius 2 is 2.29 bits per heavy atom. The molecule has 1 fully saturated rings. The zero-order chi connectivity index (χ0) is 12.3. The second kappa shape index (κ2) is 5.37. The second-order valence-corrected chi connectivity index (χ2v) is 4.81. The van der Waals surface area contributed by atoms with Crippen LogP contribution in [0.15, 0.2) is 22.9 Å². The number of carbonyl (C=O) groups excluding carboxylic acids is 2. The fourth-order valence-electron chi connectivity index (χ4n) is 1.68. The van der Waals surface area contributed by atoms with Crippen LogP contribution in [0, 0.1) is 0 Å². The van der Waals surface area contributed by atoms with Crippen molar-refractivity contribution >= 4 is 27.7 Å². The smallest absolute Gasteiger partial charge is 0.243 e. The van der Waals surface area contributed by atoms with E-state index in [-0.39, 0.29) is 17.9 Å². The Labute approximate surface area is 107 Å². The van der Waals surface area contributed by atoms with Gasteiger partial charge in [0.1, 0.15) is 0 Å². The lowest BCUT2D eigenvalue weighted by atomic mass is 10.1. The number of pyridine rings is 1. The second-order valence-electron chi connectivity index (χ2n) is 3.90. The molecule has 1 atom stereocenters. The SMILES string of the molecule is O=C1CCC(NCc2cncc(Br)c2)C(=O)N1. The minimum Gasteiger partial charge on any atom is -0.302 e. The zero-order valence-corrected chi connectivity index (χ0v) is 10.7. The van der Waals surface area contributed by atoms with E-state index in [2.05, 4.69) is 31.5 Å². The van der Waals surface area contributed by atoms with Gasteiger partial charge in [-0.3, -0.25) is 19.9 Å². The summed E-state index contributed by atoms with van der Waals surface area (Å²) in [5.74, 6) is -0.443. The Bertz CT molecular complexity index is 450. The van der Waals surface area contributed by atoms with Crippen LogP contribution in [0.25, 0.3) is 0 Å². The average molecular weight is 298 g/mol. The fourth-order valence-corrected chi connectivity index (χ4v) is 2.09. The number of amides is 2. The minimum absolute atomic E-state index is 0.197. The van der Waals surface area contributed by atoms with E-state index in [1.165, 1.54) is 0 Å². The van der Waals surface area contributed by atoms with Crippen LogP contribution in [-0.2, 0) is 16.1 Å². The lowest BCUT2D eigenvalue weighted by molar-refractivity contribution is -0.134. The number of carbonyl (C=O) groups is 2. The molecular formula is C11H12BrN3O2. The normalized spacial score (nSPS) is 20.2. The summed E-state index contributed by atoms with van der Waals surface area (Å²) in [4.78, 5) is 26.5. The first kappa shape index (κ1) is 12.2. The number of nitrogens with one attached hydrogen (secondary N) is 2. The van der Waals surface area contributed by atoms with E-state index in [9.17, 15) is 9.59 Å². The van der Waals surface area contributed by atoms with Crippen LogP contribution in [0.1, 0.15) is 18.4 Å². The van der Waals surface area contributed by atoms with Crippen molar-refractivity contribution in [1.29, 1.82) is 0 Å². The van der Waals surface area contributed by atoms with Crippen molar-refractivity contribution in [3.05, 3.63) is 28.5 Å². The molecule has 0 spiro atoms. The maximum Gasteiger partial charge on any atom is 0.243 e. The largest absolute Gasteiger partial charge is 0.302 e. The van der Waals surface area contributed by atoms with Crippen LogP contribution in [-0.4, -0.2) is 22.8 Å². The molecule has 2 N–H and O–H groups in total. The van der Waals surface area contributed by atoms with E-state index in [0.717, 1.165) is 10.0 Å². The number of halogens is 1. The third-order valence-electron chi connectivity index (χ3n) is 2.55. The van der Waals surface area contributed by atoms with Crippen molar-refractivity contribution in [3.8, 4) is 0 Å². The molecule has 17 heavy (non-hydrogen) atoms. The van der Waals surface area contributed by atoms with E-state index in [0.29, 0.717) is 19.4 Å². The first-order valence-electron chi connectivity index (χ1n) is 5.31. The molecule has 0 radical (unpaired) electrons. The average Bonchev–Trinajstić information content (AvgIpc) is 2.28. The first-order valence-corrected chi connectivity index (χ1v) is 6.11. The summed E-state index contributed by atoms with van der Waals surface area (Å²) >= 11 is 3.33. The Balaban J connectivity index is 1.90. The molecule has 0 aliphatic carbocycles. The first-order chi connectivity index (χ1) is 8.15. The molecule has 0 aromatic carbocycles. The highest BCUT2D eigenvalue weighted by Gasteiger charge is 2.25. The number of rotatable bonds is 3.